The molecule has 1 saturated heterocycles. The Bertz CT molecular complexity index is 760. The molecule has 0 spiro atoms. The number of aryl methyl sites for hydroxylation is 1. The molecule has 1 atom stereocenters. The van der Waals surface area contributed by atoms with Gasteiger partial charge in [0.2, 0.25) is 0 Å². The summed E-state index contributed by atoms with van der Waals surface area (Å²) in [5, 5.41) is 7.23. The number of ether oxygens (including phenoxy) is 1. The van der Waals surface area contributed by atoms with E-state index in [-0.39, 0.29) is 6.04 Å². The number of hydrogen-bond acceptors (Lipinski definition) is 3. The van der Waals surface area contributed by atoms with Crippen LogP contribution in [0.2, 0.25) is 0 Å². The molecule has 3 rings (SSSR count). The first-order valence-electron chi connectivity index (χ1n) is 8.79. The summed E-state index contributed by atoms with van der Waals surface area (Å²) in [6.07, 6.45) is 0. The summed E-state index contributed by atoms with van der Waals surface area (Å²) in [6, 6.07) is 14.9. The third kappa shape index (κ3) is 4.96. The van der Waals surface area contributed by atoms with Crippen molar-refractivity contribution in [2.75, 3.05) is 36.5 Å². The third-order valence-electron chi connectivity index (χ3n) is 4.53. The number of hydrogen-bond donors (Lipinski definition) is 2. The van der Waals surface area contributed by atoms with E-state index >= 15 is 0 Å². The second-order valence-corrected chi connectivity index (χ2v) is 7.74. The molecule has 0 aliphatic carbocycles. The summed E-state index contributed by atoms with van der Waals surface area (Å²) in [4.78, 5) is 2.35. The predicted octanol–water partition coefficient (Wildman–Crippen LogP) is 4.64. The molecule has 26 heavy (non-hydrogen) atoms. The second-order valence-electron chi connectivity index (χ2n) is 6.48. The summed E-state index contributed by atoms with van der Waals surface area (Å²) < 4.78 is 6.51. The molecule has 0 aromatic heterocycles. The van der Waals surface area contributed by atoms with Gasteiger partial charge in [0.15, 0.2) is 5.11 Å². The van der Waals surface area contributed by atoms with Crippen LogP contribution in [0.1, 0.15) is 24.1 Å². The van der Waals surface area contributed by atoms with E-state index in [9.17, 15) is 0 Å². The van der Waals surface area contributed by atoms with Gasteiger partial charge in [-0.1, -0.05) is 28.1 Å². The molecule has 138 valence electrons. The number of rotatable bonds is 4. The number of nitrogens with zero attached hydrogens (tertiary/aromatic N) is 1. The van der Waals surface area contributed by atoms with E-state index in [2.05, 4.69) is 75.6 Å². The van der Waals surface area contributed by atoms with Crippen molar-refractivity contribution in [3.8, 4) is 0 Å². The minimum Gasteiger partial charge on any atom is -0.378 e. The Hall–Kier alpha value is -1.63. The lowest BCUT2D eigenvalue weighted by atomic mass is 10.1. The summed E-state index contributed by atoms with van der Waals surface area (Å²) >= 11 is 8.97. The second kappa shape index (κ2) is 8.84. The van der Waals surface area contributed by atoms with Crippen molar-refractivity contribution in [2.24, 2.45) is 0 Å². The van der Waals surface area contributed by atoms with Crippen molar-refractivity contribution in [2.45, 2.75) is 19.9 Å². The average Bonchev–Trinajstić information content (AvgIpc) is 2.65. The molecule has 1 aliphatic heterocycles. The fourth-order valence-electron chi connectivity index (χ4n) is 2.96. The molecule has 2 aromatic carbocycles. The van der Waals surface area contributed by atoms with Gasteiger partial charge in [-0.15, -0.1) is 0 Å². The Labute approximate surface area is 169 Å². The summed E-state index contributed by atoms with van der Waals surface area (Å²) in [7, 11) is 0. The monoisotopic (exact) mass is 433 g/mol. The van der Waals surface area contributed by atoms with Crippen LogP contribution in [0.3, 0.4) is 0 Å². The zero-order valence-electron chi connectivity index (χ0n) is 15.1. The fraction of sp³-hybridized carbons (Fsp3) is 0.350. The van der Waals surface area contributed by atoms with Gasteiger partial charge in [-0.25, -0.2) is 0 Å². The van der Waals surface area contributed by atoms with Crippen LogP contribution in [-0.4, -0.2) is 31.4 Å². The van der Waals surface area contributed by atoms with Gasteiger partial charge >= 0.3 is 0 Å². The van der Waals surface area contributed by atoms with Crippen molar-refractivity contribution < 1.29 is 4.74 Å². The molecule has 0 saturated carbocycles. The van der Waals surface area contributed by atoms with Crippen molar-refractivity contribution >= 4 is 44.6 Å². The van der Waals surface area contributed by atoms with Gasteiger partial charge in [0.25, 0.3) is 0 Å². The maximum atomic E-state index is 5.46. The fourth-order valence-corrected chi connectivity index (χ4v) is 3.51. The van der Waals surface area contributed by atoms with Crippen molar-refractivity contribution in [3.05, 3.63) is 58.1 Å². The SMILES string of the molecule is Cc1cc(NC(=S)N[C@@H](C)c2ccc(N3CCOCC3)cc2)ccc1Br. The lowest BCUT2D eigenvalue weighted by Gasteiger charge is -2.29. The van der Waals surface area contributed by atoms with Gasteiger partial charge in [-0.05, 0) is 67.5 Å². The largest absolute Gasteiger partial charge is 0.378 e. The molecule has 0 radical (unpaired) electrons. The predicted molar refractivity (Wildman–Crippen MR) is 116 cm³/mol. The zero-order chi connectivity index (χ0) is 18.5. The normalized spacial score (nSPS) is 15.4. The standard InChI is InChI=1S/C20H24BrN3OS/c1-14-13-17(5-8-19(14)21)23-20(26)22-15(2)16-3-6-18(7-4-16)24-9-11-25-12-10-24/h3-8,13,15H,9-12H2,1-2H3,(H2,22,23,26)/t15-/m0/s1. The average molecular weight is 434 g/mol. The van der Waals surface area contributed by atoms with Gasteiger partial charge in [-0.3, -0.25) is 0 Å². The smallest absolute Gasteiger partial charge is 0.171 e. The molecule has 6 heteroatoms. The van der Waals surface area contributed by atoms with Gasteiger partial charge in [0.1, 0.15) is 0 Å². The molecule has 0 unspecified atom stereocenters. The molecule has 4 nitrogen and oxygen atoms in total. The number of halogens is 1. The van der Waals surface area contributed by atoms with Gasteiger partial charge in [-0.2, -0.15) is 0 Å². The highest BCUT2D eigenvalue weighted by atomic mass is 79.9. The third-order valence-corrected chi connectivity index (χ3v) is 5.64. The van der Waals surface area contributed by atoms with Crippen LogP contribution in [0.15, 0.2) is 46.9 Å². The molecule has 0 bridgehead atoms. The highest BCUT2D eigenvalue weighted by Gasteiger charge is 2.12. The van der Waals surface area contributed by atoms with Crippen LogP contribution < -0.4 is 15.5 Å². The van der Waals surface area contributed by atoms with E-state index in [1.807, 2.05) is 12.1 Å². The number of thiocarbonyl (C=S) groups is 1. The molecule has 1 heterocycles. The summed E-state index contributed by atoms with van der Waals surface area (Å²) in [5.41, 5.74) is 4.61. The quantitative estimate of drug-likeness (QED) is 0.686. The van der Waals surface area contributed by atoms with Gasteiger partial charge in [0.05, 0.1) is 19.3 Å². The van der Waals surface area contributed by atoms with Crippen LogP contribution in [-0.2, 0) is 4.74 Å². The van der Waals surface area contributed by atoms with Crippen LogP contribution in [0.4, 0.5) is 11.4 Å². The van der Waals surface area contributed by atoms with Crippen LogP contribution in [0, 0.1) is 6.92 Å². The lowest BCUT2D eigenvalue weighted by Crippen LogP contribution is -2.36. The first-order chi connectivity index (χ1) is 12.5. The number of nitrogens with one attached hydrogen (secondary N) is 2. The highest BCUT2D eigenvalue weighted by Crippen LogP contribution is 2.22. The summed E-state index contributed by atoms with van der Waals surface area (Å²) in [5.74, 6) is 0. The van der Waals surface area contributed by atoms with E-state index in [4.69, 9.17) is 17.0 Å². The van der Waals surface area contributed by atoms with Crippen LogP contribution in [0.5, 0.6) is 0 Å². The topological polar surface area (TPSA) is 36.5 Å². The van der Waals surface area contributed by atoms with E-state index in [1.54, 1.807) is 0 Å². The number of benzene rings is 2. The molecular weight excluding hydrogens is 410 g/mol. The first kappa shape index (κ1) is 19.1. The number of morpholine rings is 1. The van der Waals surface area contributed by atoms with E-state index in [0.29, 0.717) is 5.11 Å². The van der Waals surface area contributed by atoms with E-state index in [0.717, 1.165) is 36.5 Å². The Morgan fingerprint density at radius 1 is 1.15 bits per heavy atom. The molecule has 1 fully saturated rings. The van der Waals surface area contributed by atoms with Crippen LogP contribution in [0.25, 0.3) is 0 Å². The molecule has 1 aliphatic rings. The van der Waals surface area contributed by atoms with Gasteiger partial charge < -0.3 is 20.3 Å². The maximum absolute atomic E-state index is 5.46. The van der Waals surface area contributed by atoms with Crippen molar-refractivity contribution in [3.63, 3.8) is 0 Å². The lowest BCUT2D eigenvalue weighted by molar-refractivity contribution is 0.122. The Kier molecular flexibility index (Phi) is 6.51. The van der Waals surface area contributed by atoms with E-state index in [1.165, 1.54) is 16.8 Å². The Morgan fingerprint density at radius 3 is 2.50 bits per heavy atom. The van der Waals surface area contributed by atoms with E-state index < -0.39 is 0 Å². The zero-order valence-corrected chi connectivity index (χ0v) is 17.5. The highest BCUT2D eigenvalue weighted by molar-refractivity contribution is 9.10. The molecule has 2 aromatic rings. The molecule has 0 amide bonds. The summed E-state index contributed by atoms with van der Waals surface area (Å²) in [6.45, 7) is 7.68. The number of anilines is 2. The van der Waals surface area contributed by atoms with Gasteiger partial charge in [0, 0.05) is 28.9 Å². The Balaban J connectivity index is 1.57. The maximum Gasteiger partial charge on any atom is 0.171 e. The molecular formula is C20H24BrN3OS. The minimum absolute atomic E-state index is 0.130. The first-order valence-corrected chi connectivity index (χ1v) is 9.99. The van der Waals surface area contributed by atoms with Crippen molar-refractivity contribution in [1.29, 1.82) is 0 Å². The Morgan fingerprint density at radius 2 is 1.85 bits per heavy atom. The molecule has 2 N–H and O–H groups in total. The van der Waals surface area contributed by atoms with Crippen molar-refractivity contribution in [1.82, 2.24) is 5.32 Å². The van der Waals surface area contributed by atoms with Crippen LogP contribution >= 0.6 is 28.1 Å². The minimum atomic E-state index is 0.130.